The fourth-order valence-corrected chi connectivity index (χ4v) is 4.11. The lowest BCUT2D eigenvalue weighted by atomic mass is 10.3. The number of hydrogen-bond acceptors (Lipinski definition) is 4. The Kier molecular flexibility index (Phi) is 4.91. The first-order valence-electron chi connectivity index (χ1n) is 6.13. The van der Waals surface area contributed by atoms with Crippen molar-refractivity contribution in [3.8, 4) is 0 Å². The number of anilines is 2. The Morgan fingerprint density at radius 2 is 1.75 bits per heavy atom. The normalized spacial score (nSPS) is 11.3. The predicted octanol–water partition coefficient (Wildman–Crippen LogP) is 4.02. The first-order valence-corrected chi connectivity index (χ1v) is 8.81. The van der Waals surface area contributed by atoms with Crippen molar-refractivity contribution in [1.29, 1.82) is 0 Å². The third-order valence-electron chi connectivity index (χ3n) is 2.53. The van der Waals surface area contributed by atoms with Gasteiger partial charge in [-0.15, -0.1) is 11.3 Å². The van der Waals surface area contributed by atoms with E-state index >= 15 is 0 Å². The summed E-state index contributed by atoms with van der Waals surface area (Å²) in [4.78, 5) is 0. The molecule has 0 amide bonds. The van der Waals surface area contributed by atoms with Gasteiger partial charge in [-0.25, -0.2) is 8.42 Å². The molecule has 0 saturated heterocycles. The lowest BCUT2D eigenvalue weighted by Crippen LogP contribution is -2.11. The molecular weight excluding hydrogens is 316 g/mol. The Hall–Kier alpha value is -1.24. The maximum atomic E-state index is 12.1. The van der Waals surface area contributed by atoms with E-state index in [9.17, 15) is 8.42 Å². The van der Waals surface area contributed by atoms with Gasteiger partial charge >= 0.3 is 0 Å². The fraction of sp³-hybridized carbons (Fsp3) is 0.231. The zero-order chi connectivity index (χ0) is 14.6. The molecule has 0 aliphatic rings. The van der Waals surface area contributed by atoms with E-state index < -0.39 is 10.0 Å². The summed E-state index contributed by atoms with van der Waals surface area (Å²) in [5.41, 5.74) is 1.49. The highest BCUT2D eigenvalue weighted by Crippen LogP contribution is 2.27. The van der Waals surface area contributed by atoms with E-state index in [0.29, 0.717) is 10.0 Å². The van der Waals surface area contributed by atoms with E-state index in [2.05, 4.69) is 17.0 Å². The molecular formula is C13H15ClN2O2S2. The predicted molar refractivity (Wildman–Crippen MR) is 85.4 cm³/mol. The molecule has 2 rings (SSSR count). The van der Waals surface area contributed by atoms with Crippen LogP contribution in [0.4, 0.5) is 11.4 Å². The van der Waals surface area contributed by atoms with Crippen molar-refractivity contribution in [2.45, 2.75) is 17.6 Å². The van der Waals surface area contributed by atoms with Gasteiger partial charge in [0.15, 0.2) is 0 Å². The smallest absolute Gasteiger partial charge is 0.271 e. The molecule has 0 bridgehead atoms. The molecule has 0 unspecified atom stereocenters. The molecule has 2 aromatic rings. The van der Waals surface area contributed by atoms with E-state index in [1.165, 1.54) is 6.07 Å². The molecule has 0 saturated carbocycles. The van der Waals surface area contributed by atoms with Crippen LogP contribution in [-0.4, -0.2) is 15.0 Å². The minimum atomic E-state index is -3.56. The van der Waals surface area contributed by atoms with Gasteiger partial charge < -0.3 is 5.32 Å². The van der Waals surface area contributed by atoms with E-state index in [1.807, 2.05) is 12.1 Å². The summed E-state index contributed by atoms with van der Waals surface area (Å²) in [6, 6.07) is 10.2. The maximum absolute atomic E-state index is 12.1. The molecule has 0 radical (unpaired) electrons. The minimum Gasteiger partial charge on any atom is -0.385 e. The Morgan fingerprint density at radius 3 is 2.30 bits per heavy atom. The van der Waals surface area contributed by atoms with Crippen LogP contribution in [0, 0.1) is 0 Å². The second-order valence-corrected chi connectivity index (χ2v) is 7.79. The van der Waals surface area contributed by atoms with Crippen molar-refractivity contribution < 1.29 is 8.42 Å². The molecule has 0 aliphatic heterocycles. The molecule has 0 aliphatic carbocycles. The molecule has 0 atom stereocenters. The van der Waals surface area contributed by atoms with Gasteiger partial charge in [0.25, 0.3) is 10.0 Å². The Balaban J connectivity index is 2.09. The Labute approximate surface area is 127 Å². The van der Waals surface area contributed by atoms with Gasteiger partial charge in [-0.1, -0.05) is 18.5 Å². The summed E-state index contributed by atoms with van der Waals surface area (Å²) in [6.07, 6.45) is 1.04. The number of hydrogen-bond donors (Lipinski definition) is 2. The largest absolute Gasteiger partial charge is 0.385 e. The molecule has 0 fully saturated rings. The van der Waals surface area contributed by atoms with E-state index in [0.717, 1.165) is 30.0 Å². The lowest BCUT2D eigenvalue weighted by Gasteiger charge is -2.08. The lowest BCUT2D eigenvalue weighted by molar-refractivity contribution is 0.603. The summed E-state index contributed by atoms with van der Waals surface area (Å²) in [5.74, 6) is 0. The zero-order valence-electron chi connectivity index (χ0n) is 10.9. The molecule has 1 heterocycles. The summed E-state index contributed by atoms with van der Waals surface area (Å²) in [6.45, 7) is 2.97. The fourth-order valence-electron chi connectivity index (χ4n) is 1.57. The van der Waals surface area contributed by atoms with Crippen LogP contribution in [0.25, 0.3) is 0 Å². The van der Waals surface area contributed by atoms with Crippen LogP contribution in [0.3, 0.4) is 0 Å². The average Bonchev–Trinajstić information content (AvgIpc) is 2.85. The molecule has 1 aromatic heterocycles. The van der Waals surface area contributed by atoms with Gasteiger partial charge in [0.1, 0.15) is 4.21 Å². The van der Waals surface area contributed by atoms with Gasteiger partial charge in [-0.3, -0.25) is 4.72 Å². The third kappa shape index (κ3) is 3.88. The summed E-state index contributed by atoms with van der Waals surface area (Å²) in [7, 11) is -3.56. The third-order valence-corrected chi connectivity index (χ3v) is 5.63. The molecule has 2 N–H and O–H groups in total. The van der Waals surface area contributed by atoms with Gasteiger partial charge in [0.05, 0.1) is 4.34 Å². The number of nitrogens with one attached hydrogen (secondary N) is 2. The van der Waals surface area contributed by atoms with E-state index in [4.69, 9.17) is 11.6 Å². The van der Waals surface area contributed by atoms with Crippen molar-refractivity contribution in [2.75, 3.05) is 16.6 Å². The maximum Gasteiger partial charge on any atom is 0.271 e. The van der Waals surface area contributed by atoms with Crippen molar-refractivity contribution >= 4 is 44.3 Å². The van der Waals surface area contributed by atoms with Crippen LogP contribution >= 0.6 is 22.9 Å². The highest BCUT2D eigenvalue weighted by molar-refractivity contribution is 7.94. The second kappa shape index (κ2) is 6.47. The highest BCUT2D eigenvalue weighted by Gasteiger charge is 2.16. The quantitative estimate of drug-likeness (QED) is 0.840. The number of sulfonamides is 1. The van der Waals surface area contributed by atoms with Gasteiger partial charge in [-0.05, 0) is 42.8 Å². The van der Waals surface area contributed by atoms with E-state index in [-0.39, 0.29) is 4.21 Å². The molecule has 1 aromatic carbocycles. The van der Waals surface area contributed by atoms with Crippen LogP contribution in [0.2, 0.25) is 4.34 Å². The molecule has 108 valence electrons. The number of rotatable bonds is 6. The number of thiophene rings is 1. The number of halogens is 1. The Bertz CT molecular complexity index is 666. The number of benzene rings is 1. The van der Waals surface area contributed by atoms with E-state index in [1.54, 1.807) is 18.2 Å². The monoisotopic (exact) mass is 330 g/mol. The molecule has 4 nitrogen and oxygen atoms in total. The van der Waals surface area contributed by atoms with Gasteiger partial charge in [0, 0.05) is 17.9 Å². The summed E-state index contributed by atoms with van der Waals surface area (Å²) >= 11 is 6.79. The summed E-state index contributed by atoms with van der Waals surface area (Å²) in [5, 5.41) is 3.23. The Morgan fingerprint density at radius 1 is 1.10 bits per heavy atom. The van der Waals surface area contributed by atoms with Crippen molar-refractivity contribution in [2.24, 2.45) is 0 Å². The van der Waals surface area contributed by atoms with Crippen molar-refractivity contribution in [3.05, 3.63) is 40.7 Å². The highest BCUT2D eigenvalue weighted by atomic mass is 35.5. The SMILES string of the molecule is CCCNc1ccc(NS(=O)(=O)c2ccc(Cl)s2)cc1. The molecule has 7 heteroatoms. The van der Waals surface area contributed by atoms with Crippen molar-refractivity contribution in [1.82, 2.24) is 0 Å². The van der Waals surface area contributed by atoms with Gasteiger partial charge in [0.2, 0.25) is 0 Å². The van der Waals surface area contributed by atoms with Crippen LogP contribution in [0.5, 0.6) is 0 Å². The van der Waals surface area contributed by atoms with Crippen LogP contribution in [0.15, 0.2) is 40.6 Å². The molecule has 20 heavy (non-hydrogen) atoms. The first kappa shape index (κ1) is 15.2. The van der Waals surface area contributed by atoms with Crippen molar-refractivity contribution in [3.63, 3.8) is 0 Å². The second-order valence-electron chi connectivity index (χ2n) is 4.17. The zero-order valence-corrected chi connectivity index (χ0v) is 13.3. The summed E-state index contributed by atoms with van der Waals surface area (Å²) < 4.78 is 27.4. The van der Waals surface area contributed by atoms with Gasteiger partial charge in [-0.2, -0.15) is 0 Å². The van der Waals surface area contributed by atoms with Crippen LogP contribution < -0.4 is 10.0 Å². The van der Waals surface area contributed by atoms with Crippen LogP contribution in [0.1, 0.15) is 13.3 Å². The van der Waals surface area contributed by atoms with Crippen LogP contribution in [-0.2, 0) is 10.0 Å². The average molecular weight is 331 g/mol. The topological polar surface area (TPSA) is 58.2 Å². The standard InChI is InChI=1S/C13H15ClN2O2S2/c1-2-9-15-10-3-5-11(6-4-10)16-20(17,18)13-8-7-12(14)19-13/h3-8,15-16H,2,9H2,1H3. The first-order chi connectivity index (χ1) is 9.51. The molecule has 0 spiro atoms. The minimum absolute atomic E-state index is 0.204.